The van der Waals surface area contributed by atoms with Crippen LogP contribution < -0.4 is 20.8 Å². The number of rotatable bonds is 3. The second-order valence-corrected chi connectivity index (χ2v) is 13.1. The topological polar surface area (TPSA) is 20.3 Å². The Bertz CT molecular complexity index is 1890. The highest BCUT2D eigenvalue weighted by atomic mass is 31.2. The number of nitrogens with zero attached hydrogens (tertiary/aromatic N) is 1. The Balaban J connectivity index is 1.59. The fourth-order valence-corrected chi connectivity index (χ4v) is 9.97. The Morgan fingerprint density at radius 3 is 1.62 bits per heavy atom. The van der Waals surface area contributed by atoms with Crippen LogP contribution >= 0.6 is 7.14 Å². The van der Waals surface area contributed by atoms with E-state index in [-0.39, 0.29) is 0 Å². The standard InChI is InChI=1S/C37H26NOP/c39-40(29-19-8-3-9-20-29)34-25-13-12-24-33(34)38-32-23-11-10-21-30(32)37(27-15-4-1-5-16-27,28-17-6-2-7-18-28)31-22-14-26-35(40)36(31)38/h1-26H. The van der Waals surface area contributed by atoms with Gasteiger partial charge in [-0.2, -0.15) is 0 Å². The second kappa shape index (κ2) is 8.68. The molecule has 6 aromatic rings. The molecule has 2 heterocycles. The SMILES string of the molecule is O=P1(c2ccccc2)c2ccccc2N2c3ccccc3C(c3ccccc3)(c3ccccc3)c3cccc1c32. The van der Waals surface area contributed by atoms with Crippen LogP contribution in [0.5, 0.6) is 0 Å². The smallest absolute Gasteiger partial charge is 0.175 e. The largest absolute Gasteiger partial charge is 0.308 e. The Labute approximate surface area is 234 Å². The average molecular weight is 532 g/mol. The summed E-state index contributed by atoms with van der Waals surface area (Å²) in [4.78, 5) is 2.36. The van der Waals surface area contributed by atoms with Gasteiger partial charge >= 0.3 is 0 Å². The third-order valence-corrected chi connectivity index (χ3v) is 11.6. The molecule has 40 heavy (non-hydrogen) atoms. The minimum Gasteiger partial charge on any atom is -0.308 e. The Hall–Kier alpha value is -4.65. The van der Waals surface area contributed by atoms with E-state index in [1.807, 2.05) is 36.4 Å². The van der Waals surface area contributed by atoms with Crippen molar-refractivity contribution in [3.63, 3.8) is 0 Å². The monoisotopic (exact) mass is 531 g/mol. The normalized spacial score (nSPS) is 17.9. The van der Waals surface area contributed by atoms with E-state index < -0.39 is 12.6 Å². The minimum absolute atomic E-state index is 0.589. The predicted molar refractivity (Wildman–Crippen MR) is 166 cm³/mol. The van der Waals surface area contributed by atoms with Crippen molar-refractivity contribution in [3.8, 4) is 0 Å². The van der Waals surface area contributed by atoms with E-state index in [2.05, 4.69) is 126 Å². The molecule has 0 spiro atoms. The first kappa shape index (κ1) is 23.3. The van der Waals surface area contributed by atoms with Crippen LogP contribution in [0.15, 0.2) is 158 Å². The van der Waals surface area contributed by atoms with Gasteiger partial charge in [-0.1, -0.05) is 133 Å². The number of hydrogen-bond donors (Lipinski definition) is 0. The molecule has 2 aliphatic heterocycles. The summed E-state index contributed by atoms with van der Waals surface area (Å²) in [6.45, 7) is 0. The highest BCUT2D eigenvalue weighted by Crippen LogP contribution is 2.62. The summed E-state index contributed by atoms with van der Waals surface area (Å²) in [5.74, 6) is 0. The zero-order valence-corrected chi connectivity index (χ0v) is 22.7. The van der Waals surface area contributed by atoms with Gasteiger partial charge in [0.2, 0.25) is 0 Å². The summed E-state index contributed by atoms with van der Waals surface area (Å²) in [5.41, 5.74) is 7.27. The number of fused-ring (bicyclic) bond motifs is 4. The van der Waals surface area contributed by atoms with Gasteiger partial charge in [-0.25, -0.2) is 0 Å². The molecule has 8 rings (SSSR count). The Kier molecular flexibility index (Phi) is 5.05. The first-order valence-corrected chi connectivity index (χ1v) is 15.4. The lowest BCUT2D eigenvalue weighted by atomic mass is 9.62. The summed E-state index contributed by atoms with van der Waals surface area (Å²) in [6.07, 6.45) is 0. The molecule has 1 unspecified atom stereocenters. The van der Waals surface area contributed by atoms with Gasteiger partial charge in [0.05, 0.1) is 22.5 Å². The molecule has 0 radical (unpaired) electrons. The van der Waals surface area contributed by atoms with E-state index in [1.54, 1.807) is 0 Å². The molecule has 2 aliphatic rings. The summed E-state index contributed by atoms with van der Waals surface area (Å²) in [7, 11) is -3.18. The van der Waals surface area contributed by atoms with Crippen molar-refractivity contribution in [1.29, 1.82) is 0 Å². The second-order valence-electron chi connectivity index (χ2n) is 10.4. The van der Waals surface area contributed by atoms with Crippen molar-refractivity contribution in [2.24, 2.45) is 0 Å². The van der Waals surface area contributed by atoms with Crippen LogP contribution in [0.1, 0.15) is 22.3 Å². The molecule has 0 aliphatic carbocycles. The van der Waals surface area contributed by atoms with Crippen LogP contribution in [0.3, 0.4) is 0 Å². The van der Waals surface area contributed by atoms with Gasteiger partial charge in [0, 0.05) is 15.9 Å². The summed E-state index contributed by atoms with van der Waals surface area (Å²) in [5, 5.41) is 2.63. The third-order valence-electron chi connectivity index (χ3n) is 8.53. The number of anilines is 3. The van der Waals surface area contributed by atoms with Gasteiger partial charge in [-0.05, 0) is 46.5 Å². The van der Waals surface area contributed by atoms with Gasteiger partial charge in [-0.3, -0.25) is 0 Å². The van der Waals surface area contributed by atoms with E-state index in [9.17, 15) is 0 Å². The fraction of sp³-hybridized carbons (Fsp3) is 0.0270. The van der Waals surface area contributed by atoms with E-state index in [4.69, 9.17) is 0 Å². The lowest BCUT2D eigenvalue weighted by Crippen LogP contribution is -2.44. The molecule has 0 N–H and O–H groups in total. The van der Waals surface area contributed by atoms with E-state index >= 15 is 4.57 Å². The van der Waals surface area contributed by atoms with Gasteiger partial charge in [-0.15, -0.1) is 0 Å². The quantitative estimate of drug-likeness (QED) is 0.217. The third kappa shape index (κ3) is 2.92. The van der Waals surface area contributed by atoms with E-state index in [0.717, 1.165) is 38.5 Å². The summed E-state index contributed by atoms with van der Waals surface area (Å²) < 4.78 is 15.7. The maximum absolute atomic E-state index is 15.7. The summed E-state index contributed by atoms with van der Waals surface area (Å²) >= 11 is 0. The first-order valence-electron chi connectivity index (χ1n) is 13.7. The van der Waals surface area contributed by atoms with Crippen molar-refractivity contribution in [1.82, 2.24) is 0 Å². The average Bonchev–Trinajstić information content (AvgIpc) is 3.04. The van der Waals surface area contributed by atoms with Crippen molar-refractivity contribution < 1.29 is 4.57 Å². The van der Waals surface area contributed by atoms with Crippen LogP contribution in [0.25, 0.3) is 0 Å². The molecular formula is C37H26NOP. The van der Waals surface area contributed by atoms with Crippen LogP contribution in [-0.2, 0) is 9.98 Å². The zero-order chi connectivity index (χ0) is 26.7. The van der Waals surface area contributed by atoms with Gasteiger partial charge < -0.3 is 9.46 Å². The van der Waals surface area contributed by atoms with Crippen LogP contribution in [0, 0.1) is 0 Å². The molecule has 0 fully saturated rings. The molecule has 2 nitrogen and oxygen atoms in total. The van der Waals surface area contributed by atoms with Gasteiger partial charge in [0.1, 0.15) is 0 Å². The Morgan fingerprint density at radius 1 is 0.450 bits per heavy atom. The van der Waals surface area contributed by atoms with Crippen LogP contribution in [0.4, 0.5) is 17.1 Å². The number of para-hydroxylation sites is 3. The molecule has 3 heteroatoms. The van der Waals surface area contributed by atoms with E-state index in [0.29, 0.717) is 0 Å². The molecule has 0 aromatic heterocycles. The van der Waals surface area contributed by atoms with E-state index in [1.165, 1.54) is 16.7 Å². The van der Waals surface area contributed by atoms with Crippen LogP contribution in [-0.4, -0.2) is 0 Å². The molecule has 1 atom stereocenters. The lowest BCUT2D eigenvalue weighted by Gasteiger charge is -2.49. The minimum atomic E-state index is -3.18. The molecule has 190 valence electrons. The Morgan fingerprint density at radius 2 is 0.950 bits per heavy atom. The van der Waals surface area contributed by atoms with Crippen molar-refractivity contribution >= 4 is 40.1 Å². The first-order chi connectivity index (χ1) is 19.8. The zero-order valence-electron chi connectivity index (χ0n) is 21.8. The highest BCUT2D eigenvalue weighted by Gasteiger charge is 2.51. The van der Waals surface area contributed by atoms with Crippen molar-refractivity contribution in [2.75, 3.05) is 4.90 Å². The number of benzene rings is 6. The maximum Gasteiger partial charge on any atom is 0.175 e. The fourth-order valence-electron chi connectivity index (χ4n) is 6.95. The highest BCUT2D eigenvalue weighted by molar-refractivity contribution is 7.86. The predicted octanol–water partition coefficient (Wildman–Crippen LogP) is 7.81. The number of hydrogen-bond acceptors (Lipinski definition) is 2. The van der Waals surface area contributed by atoms with Crippen LogP contribution in [0.2, 0.25) is 0 Å². The molecule has 0 bridgehead atoms. The van der Waals surface area contributed by atoms with Gasteiger partial charge in [0.15, 0.2) is 7.14 Å². The summed E-state index contributed by atoms with van der Waals surface area (Å²) in [6, 6.07) is 55.0. The molecular weight excluding hydrogens is 505 g/mol. The molecule has 6 aromatic carbocycles. The maximum atomic E-state index is 15.7. The molecule has 0 saturated carbocycles. The molecule has 0 saturated heterocycles. The van der Waals surface area contributed by atoms with Gasteiger partial charge in [0.25, 0.3) is 0 Å². The van der Waals surface area contributed by atoms with Crippen molar-refractivity contribution in [2.45, 2.75) is 5.41 Å². The molecule has 0 amide bonds. The van der Waals surface area contributed by atoms with Crippen molar-refractivity contribution in [3.05, 3.63) is 180 Å². The lowest BCUT2D eigenvalue weighted by molar-refractivity contribution is 0.592.